The van der Waals surface area contributed by atoms with Crippen LogP contribution in [0.15, 0.2) is 54.6 Å². The van der Waals surface area contributed by atoms with E-state index in [1.807, 2.05) is 6.07 Å². The van der Waals surface area contributed by atoms with Gasteiger partial charge < -0.3 is 4.74 Å². The predicted molar refractivity (Wildman–Crippen MR) is 67.5 cm³/mol. The maximum absolute atomic E-state index is 5.79. The maximum atomic E-state index is 5.79. The maximum Gasteiger partial charge on any atom is 0.225 e. The molecule has 1 aliphatic heterocycles. The van der Waals surface area contributed by atoms with Gasteiger partial charge in [0.15, 0.2) is 0 Å². The highest BCUT2D eigenvalue weighted by Gasteiger charge is 2.24. The van der Waals surface area contributed by atoms with Crippen LogP contribution in [0.1, 0.15) is 5.56 Å². The number of ether oxygens (including phenoxy) is 1. The molecule has 0 saturated carbocycles. The van der Waals surface area contributed by atoms with Crippen LogP contribution in [0.4, 0.5) is 0 Å². The third kappa shape index (κ3) is 1.71. The summed E-state index contributed by atoms with van der Waals surface area (Å²) in [7, 11) is 0. The molecule has 1 aliphatic rings. The van der Waals surface area contributed by atoms with Crippen molar-refractivity contribution in [2.24, 2.45) is 0 Å². The molecule has 0 aliphatic carbocycles. The van der Waals surface area contributed by atoms with Gasteiger partial charge in [0.25, 0.3) is 0 Å². The van der Waals surface area contributed by atoms with E-state index in [1.165, 1.54) is 11.0 Å². The molecule has 0 aromatic heterocycles. The molecule has 78 valence electrons. The molecule has 0 spiro atoms. The summed E-state index contributed by atoms with van der Waals surface area (Å²) in [6, 6.07) is 18.9. The zero-order valence-corrected chi connectivity index (χ0v) is 9.10. The van der Waals surface area contributed by atoms with Gasteiger partial charge in [0.1, 0.15) is 5.75 Å². The number of hydrogen-bond acceptors (Lipinski definition) is 1. The molecule has 2 heteroatoms. The van der Waals surface area contributed by atoms with E-state index in [1.54, 1.807) is 0 Å². The van der Waals surface area contributed by atoms with Gasteiger partial charge in [0.05, 0.1) is 6.51 Å². The lowest BCUT2D eigenvalue weighted by Gasteiger charge is -2.23. The fourth-order valence-corrected chi connectivity index (χ4v) is 2.27. The van der Waals surface area contributed by atoms with Crippen molar-refractivity contribution in [1.29, 1.82) is 0 Å². The van der Waals surface area contributed by atoms with Crippen molar-refractivity contribution >= 4 is 12.2 Å². The van der Waals surface area contributed by atoms with Crippen LogP contribution in [0.3, 0.4) is 0 Å². The molecule has 3 rings (SSSR count). The SMILES string of the molecule is c1ccc(B2COc3ccccc3C2)cc1. The van der Waals surface area contributed by atoms with Gasteiger partial charge >= 0.3 is 0 Å². The highest BCUT2D eigenvalue weighted by atomic mass is 16.5. The lowest BCUT2D eigenvalue weighted by Crippen LogP contribution is -2.41. The first-order valence-electron chi connectivity index (χ1n) is 5.69. The van der Waals surface area contributed by atoms with Crippen LogP contribution in [-0.2, 0) is 6.32 Å². The van der Waals surface area contributed by atoms with Gasteiger partial charge in [0, 0.05) is 0 Å². The van der Waals surface area contributed by atoms with E-state index < -0.39 is 0 Å². The molecule has 0 bridgehead atoms. The Labute approximate surface area is 96.1 Å². The van der Waals surface area contributed by atoms with E-state index >= 15 is 0 Å². The zero-order valence-electron chi connectivity index (χ0n) is 9.10. The van der Waals surface area contributed by atoms with E-state index in [-0.39, 0.29) is 0 Å². The Hall–Kier alpha value is -1.70. The molecule has 0 fully saturated rings. The summed E-state index contributed by atoms with van der Waals surface area (Å²) in [5.74, 6) is 1.05. The molecule has 16 heavy (non-hydrogen) atoms. The van der Waals surface area contributed by atoms with Crippen LogP contribution in [0.25, 0.3) is 0 Å². The summed E-state index contributed by atoms with van der Waals surface area (Å²) in [6.07, 6.45) is 1.08. The third-order valence-corrected chi connectivity index (χ3v) is 3.15. The van der Waals surface area contributed by atoms with Crippen molar-refractivity contribution in [3.63, 3.8) is 0 Å². The Kier molecular flexibility index (Phi) is 2.41. The molecule has 0 unspecified atom stereocenters. The summed E-state index contributed by atoms with van der Waals surface area (Å²) in [5.41, 5.74) is 2.69. The van der Waals surface area contributed by atoms with Crippen molar-refractivity contribution in [1.82, 2.24) is 0 Å². The quantitative estimate of drug-likeness (QED) is 0.652. The van der Waals surface area contributed by atoms with E-state index in [0.29, 0.717) is 6.71 Å². The Morgan fingerprint density at radius 3 is 2.50 bits per heavy atom. The normalized spacial score (nSPS) is 14.1. The lowest BCUT2D eigenvalue weighted by molar-refractivity contribution is 0.370. The number of para-hydroxylation sites is 1. The molecule has 0 saturated heterocycles. The average molecular weight is 208 g/mol. The van der Waals surface area contributed by atoms with Gasteiger partial charge in [-0.2, -0.15) is 0 Å². The summed E-state index contributed by atoms with van der Waals surface area (Å²) >= 11 is 0. The van der Waals surface area contributed by atoms with Crippen LogP contribution in [0.5, 0.6) is 5.75 Å². The zero-order chi connectivity index (χ0) is 10.8. The lowest BCUT2D eigenvalue weighted by atomic mass is 9.42. The number of hydrogen-bond donors (Lipinski definition) is 0. The van der Waals surface area contributed by atoms with Gasteiger partial charge in [-0.1, -0.05) is 54.0 Å². The topological polar surface area (TPSA) is 9.23 Å². The van der Waals surface area contributed by atoms with Crippen molar-refractivity contribution in [3.05, 3.63) is 60.2 Å². The van der Waals surface area contributed by atoms with Gasteiger partial charge in [-0.25, -0.2) is 0 Å². The van der Waals surface area contributed by atoms with Gasteiger partial charge in [-0.05, 0) is 17.9 Å². The highest BCUT2D eigenvalue weighted by molar-refractivity contribution is 6.73. The molecule has 0 radical (unpaired) electrons. The molecule has 2 aromatic carbocycles. The molecule has 2 aromatic rings. The molecular formula is C14H13BO. The van der Waals surface area contributed by atoms with Crippen molar-refractivity contribution in [3.8, 4) is 5.75 Å². The van der Waals surface area contributed by atoms with Crippen molar-refractivity contribution < 1.29 is 4.74 Å². The number of benzene rings is 2. The summed E-state index contributed by atoms with van der Waals surface area (Å²) in [5, 5.41) is 0. The van der Waals surface area contributed by atoms with Crippen LogP contribution in [0.2, 0.25) is 0 Å². The first-order valence-corrected chi connectivity index (χ1v) is 5.69. The van der Waals surface area contributed by atoms with E-state index in [0.717, 1.165) is 18.6 Å². The fourth-order valence-electron chi connectivity index (χ4n) is 2.27. The van der Waals surface area contributed by atoms with Gasteiger partial charge in [0.2, 0.25) is 6.71 Å². The molecule has 1 heterocycles. The minimum Gasteiger partial charge on any atom is -0.501 e. The average Bonchev–Trinajstić information content (AvgIpc) is 2.39. The van der Waals surface area contributed by atoms with Crippen LogP contribution in [-0.4, -0.2) is 13.2 Å². The first kappa shape index (κ1) is 9.53. The number of rotatable bonds is 1. The first-order chi connectivity index (χ1) is 7.93. The minimum absolute atomic E-state index is 0.496. The van der Waals surface area contributed by atoms with Gasteiger partial charge in [-0.15, -0.1) is 0 Å². The van der Waals surface area contributed by atoms with Crippen LogP contribution < -0.4 is 10.2 Å². The Bertz CT molecular complexity index is 481. The summed E-state index contributed by atoms with van der Waals surface area (Å²) in [4.78, 5) is 0. The number of fused-ring (bicyclic) bond motifs is 1. The van der Waals surface area contributed by atoms with E-state index in [9.17, 15) is 0 Å². The summed E-state index contributed by atoms with van der Waals surface area (Å²) in [6.45, 7) is 1.29. The van der Waals surface area contributed by atoms with Crippen molar-refractivity contribution in [2.45, 2.75) is 6.32 Å². The van der Waals surface area contributed by atoms with E-state index in [2.05, 4.69) is 48.5 Å². The third-order valence-electron chi connectivity index (χ3n) is 3.15. The standard InChI is InChI=1S/C14H13BO/c1-2-7-13(8-3-1)15-10-12-6-4-5-9-14(12)16-11-15/h1-9H,10-11H2. The molecule has 0 N–H and O–H groups in total. The van der Waals surface area contributed by atoms with Gasteiger partial charge in [-0.3, -0.25) is 0 Å². The molecule has 0 amide bonds. The second kappa shape index (κ2) is 4.05. The minimum atomic E-state index is 0.496. The predicted octanol–water partition coefficient (Wildman–Crippen LogP) is 2.10. The largest absolute Gasteiger partial charge is 0.501 e. The molecule has 1 nitrogen and oxygen atoms in total. The smallest absolute Gasteiger partial charge is 0.225 e. The second-order valence-electron chi connectivity index (χ2n) is 4.23. The molecular weight excluding hydrogens is 195 g/mol. The van der Waals surface area contributed by atoms with Crippen LogP contribution >= 0.6 is 0 Å². The Morgan fingerprint density at radius 2 is 1.62 bits per heavy atom. The summed E-state index contributed by atoms with van der Waals surface area (Å²) < 4.78 is 5.79. The Morgan fingerprint density at radius 1 is 0.875 bits per heavy atom. The monoisotopic (exact) mass is 208 g/mol. The highest BCUT2D eigenvalue weighted by Crippen LogP contribution is 2.23. The molecule has 0 atom stereocenters. The fraction of sp³-hybridized carbons (Fsp3) is 0.143. The van der Waals surface area contributed by atoms with Crippen molar-refractivity contribution in [2.75, 3.05) is 6.51 Å². The van der Waals surface area contributed by atoms with Crippen LogP contribution in [0, 0.1) is 0 Å². The second-order valence-corrected chi connectivity index (χ2v) is 4.23. The Balaban J connectivity index is 1.89. The van der Waals surface area contributed by atoms with E-state index in [4.69, 9.17) is 4.74 Å².